The van der Waals surface area contributed by atoms with E-state index in [1.165, 1.54) is 0 Å². The van der Waals surface area contributed by atoms with Gasteiger partial charge in [-0.2, -0.15) is 9.97 Å². The average molecular weight is 209 g/mol. The van der Waals surface area contributed by atoms with E-state index in [1.54, 1.807) is 0 Å². The lowest BCUT2D eigenvalue weighted by molar-refractivity contribution is 0.630. The number of nitrogens with one attached hydrogen (secondary N) is 1. The fourth-order valence-electron chi connectivity index (χ4n) is 1.13. The molecule has 1 aromatic heterocycles. The number of rotatable bonds is 2. The second-order valence-electron chi connectivity index (χ2n) is 4.74. The highest BCUT2D eigenvalue weighted by Crippen LogP contribution is 2.18. The number of nitrogens with zero attached hydrogens (tertiary/aromatic N) is 3. The Morgan fingerprint density at radius 1 is 1.27 bits per heavy atom. The SMILES string of the molecule is CN(C)c1cc(NC(C)(C)C)nc(N)n1. The van der Waals surface area contributed by atoms with Crippen LogP contribution in [-0.4, -0.2) is 29.6 Å². The van der Waals surface area contributed by atoms with E-state index in [2.05, 4.69) is 36.1 Å². The van der Waals surface area contributed by atoms with Gasteiger partial charge in [0.15, 0.2) is 0 Å². The number of nitrogen functional groups attached to an aromatic ring is 1. The van der Waals surface area contributed by atoms with Gasteiger partial charge in [0.2, 0.25) is 5.95 Å². The molecule has 0 aromatic carbocycles. The zero-order valence-corrected chi connectivity index (χ0v) is 10.00. The third kappa shape index (κ3) is 3.61. The van der Waals surface area contributed by atoms with Crippen LogP contribution in [0.2, 0.25) is 0 Å². The number of anilines is 3. The van der Waals surface area contributed by atoms with Gasteiger partial charge in [0.25, 0.3) is 0 Å². The van der Waals surface area contributed by atoms with Crippen molar-refractivity contribution in [3.05, 3.63) is 6.07 Å². The maximum atomic E-state index is 5.63. The summed E-state index contributed by atoms with van der Waals surface area (Å²) in [6, 6.07) is 1.88. The Morgan fingerprint density at radius 2 is 1.87 bits per heavy atom. The summed E-state index contributed by atoms with van der Waals surface area (Å²) in [4.78, 5) is 10.1. The van der Waals surface area contributed by atoms with Crippen molar-refractivity contribution in [3.8, 4) is 0 Å². The Kier molecular flexibility index (Phi) is 3.02. The Labute approximate surface area is 90.7 Å². The molecule has 84 valence electrons. The maximum Gasteiger partial charge on any atom is 0.223 e. The molecule has 0 aliphatic carbocycles. The first kappa shape index (κ1) is 11.6. The van der Waals surface area contributed by atoms with Crippen molar-refractivity contribution in [1.29, 1.82) is 0 Å². The Balaban J connectivity index is 2.99. The zero-order chi connectivity index (χ0) is 11.6. The van der Waals surface area contributed by atoms with Gasteiger partial charge in [0, 0.05) is 25.7 Å². The van der Waals surface area contributed by atoms with Gasteiger partial charge in [0.1, 0.15) is 11.6 Å². The second kappa shape index (κ2) is 3.92. The van der Waals surface area contributed by atoms with Crippen molar-refractivity contribution in [1.82, 2.24) is 9.97 Å². The van der Waals surface area contributed by atoms with Crippen LogP contribution >= 0.6 is 0 Å². The minimum atomic E-state index is -0.0373. The summed E-state index contributed by atoms with van der Waals surface area (Å²) in [5, 5.41) is 3.26. The molecular weight excluding hydrogens is 190 g/mol. The summed E-state index contributed by atoms with van der Waals surface area (Å²) in [6.45, 7) is 6.21. The van der Waals surface area contributed by atoms with E-state index in [0.29, 0.717) is 0 Å². The predicted octanol–water partition coefficient (Wildman–Crippen LogP) is 1.34. The Morgan fingerprint density at radius 3 is 2.33 bits per heavy atom. The third-order valence-electron chi connectivity index (χ3n) is 1.69. The first-order chi connectivity index (χ1) is 6.78. The van der Waals surface area contributed by atoms with Crippen molar-refractivity contribution in [3.63, 3.8) is 0 Å². The lowest BCUT2D eigenvalue weighted by Crippen LogP contribution is -2.27. The van der Waals surface area contributed by atoms with Crippen molar-refractivity contribution >= 4 is 17.6 Å². The van der Waals surface area contributed by atoms with Crippen molar-refractivity contribution in [2.24, 2.45) is 0 Å². The second-order valence-corrected chi connectivity index (χ2v) is 4.74. The summed E-state index contributed by atoms with van der Waals surface area (Å²) in [6.07, 6.45) is 0. The minimum Gasteiger partial charge on any atom is -0.368 e. The molecule has 0 radical (unpaired) electrons. The molecule has 5 heteroatoms. The van der Waals surface area contributed by atoms with E-state index in [1.807, 2.05) is 25.1 Å². The van der Waals surface area contributed by atoms with Gasteiger partial charge in [0.05, 0.1) is 0 Å². The molecule has 5 nitrogen and oxygen atoms in total. The number of hydrogen-bond donors (Lipinski definition) is 2. The van der Waals surface area contributed by atoms with Gasteiger partial charge < -0.3 is 16.0 Å². The molecule has 3 N–H and O–H groups in total. The van der Waals surface area contributed by atoms with E-state index in [4.69, 9.17) is 5.73 Å². The molecule has 0 atom stereocenters. The van der Waals surface area contributed by atoms with E-state index in [-0.39, 0.29) is 11.5 Å². The third-order valence-corrected chi connectivity index (χ3v) is 1.69. The smallest absolute Gasteiger partial charge is 0.223 e. The quantitative estimate of drug-likeness (QED) is 0.769. The van der Waals surface area contributed by atoms with Crippen LogP contribution in [0.5, 0.6) is 0 Å². The fourth-order valence-corrected chi connectivity index (χ4v) is 1.13. The topological polar surface area (TPSA) is 67.1 Å². The van der Waals surface area contributed by atoms with Crippen LogP contribution in [0.4, 0.5) is 17.6 Å². The molecule has 1 aromatic rings. The van der Waals surface area contributed by atoms with Crippen LogP contribution < -0.4 is 16.0 Å². The molecule has 1 heterocycles. The van der Waals surface area contributed by atoms with E-state index in [9.17, 15) is 0 Å². The van der Waals surface area contributed by atoms with Crippen LogP contribution in [-0.2, 0) is 0 Å². The number of hydrogen-bond acceptors (Lipinski definition) is 5. The molecule has 0 aliphatic heterocycles. The highest BCUT2D eigenvalue weighted by molar-refractivity contribution is 5.52. The molecule has 0 saturated carbocycles. The van der Waals surface area contributed by atoms with Crippen molar-refractivity contribution in [2.75, 3.05) is 30.0 Å². The first-order valence-corrected chi connectivity index (χ1v) is 4.88. The van der Waals surface area contributed by atoms with Crippen molar-refractivity contribution in [2.45, 2.75) is 26.3 Å². The van der Waals surface area contributed by atoms with E-state index in [0.717, 1.165) is 11.6 Å². The average Bonchev–Trinajstić information content (AvgIpc) is 1.99. The van der Waals surface area contributed by atoms with Crippen LogP contribution in [0.3, 0.4) is 0 Å². The van der Waals surface area contributed by atoms with Gasteiger partial charge in [-0.1, -0.05) is 0 Å². The first-order valence-electron chi connectivity index (χ1n) is 4.88. The molecule has 0 fully saturated rings. The molecule has 0 spiro atoms. The van der Waals surface area contributed by atoms with Gasteiger partial charge in [-0.15, -0.1) is 0 Å². The van der Waals surface area contributed by atoms with Crippen LogP contribution in [0.1, 0.15) is 20.8 Å². The van der Waals surface area contributed by atoms with Gasteiger partial charge in [-0.3, -0.25) is 0 Å². The molecule has 0 bridgehead atoms. The Bertz CT molecular complexity index is 340. The van der Waals surface area contributed by atoms with E-state index < -0.39 is 0 Å². The minimum absolute atomic E-state index is 0.0373. The lowest BCUT2D eigenvalue weighted by Gasteiger charge is -2.22. The van der Waals surface area contributed by atoms with Crippen LogP contribution in [0, 0.1) is 0 Å². The van der Waals surface area contributed by atoms with Gasteiger partial charge >= 0.3 is 0 Å². The maximum absolute atomic E-state index is 5.63. The molecule has 0 unspecified atom stereocenters. The summed E-state index contributed by atoms with van der Waals surface area (Å²) < 4.78 is 0. The van der Waals surface area contributed by atoms with E-state index >= 15 is 0 Å². The lowest BCUT2D eigenvalue weighted by atomic mass is 10.1. The van der Waals surface area contributed by atoms with Crippen LogP contribution in [0.15, 0.2) is 6.07 Å². The normalized spacial score (nSPS) is 11.3. The summed E-state index contributed by atoms with van der Waals surface area (Å²) in [5.41, 5.74) is 5.59. The molecule has 1 rings (SSSR count). The summed E-state index contributed by atoms with van der Waals surface area (Å²) in [7, 11) is 3.84. The molecule has 15 heavy (non-hydrogen) atoms. The fraction of sp³-hybridized carbons (Fsp3) is 0.600. The predicted molar refractivity (Wildman–Crippen MR) is 64.1 cm³/mol. The molecular formula is C10H19N5. The monoisotopic (exact) mass is 209 g/mol. The molecule has 0 amide bonds. The summed E-state index contributed by atoms with van der Waals surface area (Å²) in [5.74, 6) is 1.83. The standard InChI is InChI=1S/C10H19N5/c1-10(2,3)14-7-6-8(15(4)5)13-9(11)12-7/h6H,1-5H3,(H3,11,12,13,14). The number of nitrogens with two attached hydrogens (primary N) is 1. The van der Waals surface area contributed by atoms with Gasteiger partial charge in [-0.25, -0.2) is 0 Å². The van der Waals surface area contributed by atoms with Crippen molar-refractivity contribution < 1.29 is 0 Å². The highest BCUT2D eigenvalue weighted by atomic mass is 15.2. The summed E-state index contributed by atoms with van der Waals surface area (Å²) >= 11 is 0. The highest BCUT2D eigenvalue weighted by Gasteiger charge is 2.12. The number of aromatic nitrogens is 2. The van der Waals surface area contributed by atoms with Gasteiger partial charge in [-0.05, 0) is 20.8 Å². The van der Waals surface area contributed by atoms with Crippen LogP contribution in [0.25, 0.3) is 0 Å². The zero-order valence-electron chi connectivity index (χ0n) is 10.00. The molecule has 0 saturated heterocycles. The molecule has 0 aliphatic rings. The Hall–Kier alpha value is -1.52. The largest absolute Gasteiger partial charge is 0.368 e.